The molecule has 10 nitrogen and oxygen atoms in total. The van der Waals surface area contributed by atoms with Crippen molar-refractivity contribution in [2.45, 2.75) is 25.1 Å². The molecular weight excluding hydrogens is 484 g/mol. The molecule has 12 heteroatoms. The first-order valence-electron chi connectivity index (χ1n) is 11.3. The lowest BCUT2D eigenvalue weighted by Crippen LogP contribution is -2.37. The number of likely N-dealkylation sites (tertiary alicyclic amines) is 1. The Hall–Kier alpha value is -4.24. The van der Waals surface area contributed by atoms with Crippen molar-refractivity contribution < 1.29 is 23.1 Å². The number of carbonyl (C=O) groups is 2. The normalized spacial score (nSPS) is 16.8. The number of nitrogens with one attached hydrogen (secondary N) is 1. The minimum Gasteiger partial charge on any atom is -0.383 e. The van der Waals surface area contributed by atoms with Gasteiger partial charge in [-0.3, -0.25) is 14.6 Å². The molecule has 0 spiro atoms. The molecule has 2 heterocycles. The molecule has 1 aromatic carbocycles. The number of aliphatic imine (C=N–C) groups is 1. The van der Waals surface area contributed by atoms with Gasteiger partial charge < -0.3 is 25.6 Å². The maximum absolute atomic E-state index is 13.1. The molecule has 1 fully saturated rings. The number of ether oxygens (including phenoxy) is 1. The fourth-order valence-electron chi connectivity index (χ4n) is 4.33. The Morgan fingerprint density at radius 2 is 2.16 bits per heavy atom. The Balaban J connectivity index is 2.02. The summed E-state index contributed by atoms with van der Waals surface area (Å²) in [6.45, 7) is 4.96. The van der Waals surface area contributed by atoms with Crippen LogP contribution in [0.15, 0.2) is 35.8 Å². The van der Waals surface area contributed by atoms with Gasteiger partial charge in [-0.25, -0.2) is 4.68 Å². The number of benzene rings is 1. The molecule has 37 heavy (non-hydrogen) atoms. The predicted molar refractivity (Wildman–Crippen MR) is 138 cm³/mol. The standard InChI is InChI=1S/C25H29F2N7O3/c1-6-21(35)33-13-16(12-17(33)14-37-5)34-24(30-3)22(23(28)36)18(31-34)9-7-15-8-10-20(19(11-15)29-2)32(4)25(26)27/h6,8,10-11,16-17,25,30H,1-2,12-14H2,3-5H3,(H2,28,36)/t16-,17+/m0/s1. The predicted octanol–water partition coefficient (Wildman–Crippen LogP) is 2.39. The van der Waals surface area contributed by atoms with Crippen molar-refractivity contribution in [3.05, 3.63) is 47.7 Å². The van der Waals surface area contributed by atoms with Crippen LogP contribution in [0.1, 0.15) is 34.1 Å². The zero-order valence-corrected chi connectivity index (χ0v) is 20.9. The zero-order valence-electron chi connectivity index (χ0n) is 20.9. The monoisotopic (exact) mass is 513 g/mol. The van der Waals surface area contributed by atoms with Gasteiger partial charge in [-0.15, -0.1) is 0 Å². The van der Waals surface area contributed by atoms with E-state index in [9.17, 15) is 18.4 Å². The van der Waals surface area contributed by atoms with E-state index in [-0.39, 0.29) is 40.6 Å². The third-order valence-electron chi connectivity index (χ3n) is 6.09. The number of halogens is 2. The highest BCUT2D eigenvalue weighted by Gasteiger charge is 2.37. The summed E-state index contributed by atoms with van der Waals surface area (Å²) in [7, 11) is 4.43. The average molecular weight is 514 g/mol. The van der Waals surface area contributed by atoms with Gasteiger partial charge in [-0.05, 0) is 43.3 Å². The van der Waals surface area contributed by atoms with E-state index in [1.54, 1.807) is 29.8 Å². The third kappa shape index (κ3) is 5.62. The zero-order chi connectivity index (χ0) is 27.3. The first kappa shape index (κ1) is 27.3. The Morgan fingerprint density at radius 3 is 2.73 bits per heavy atom. The van der Waals surface area contributed by atoms with Crippen molar-refractivity contribution in [1.29, 1.82) is 0 Å². The Bertz CT molecular complexity index is 1260. The van der Waals surface area contributed by atoms with Crippen LogP contribution in [0.25, 0.3) is 0 Å². The Labute approximate surface area is 213 Å². The number of carbonyl (C=O) groups excluding carboxylic acids is 2. The Kier molecular flexibility index (Phi) is 8.62. The summed E-state index contributed by atoms with van der Waals surface area (Å²) in [4.78, 5) is 31.0. The number of methoxy groups -OCH3 is 1. The van der Waals surface area contributed by atoms with Gasteiger partial charge in [0, 0.05) is 33.3 Å². The number of nitrogens with zero attached hydrogens (tertiary/aromatic N) is 5. The maximum atomic E-state index is 13.1. The van der Waals surface area contributed by atoms with Crippen LogP contribution in [0.3, 0.4) is 0 Å². The Morgan fingerprint density at radius 1 is 1.43 bits per heavy atom. The minimum absolute atomic E-state index is 0.0999. The molecule has 1 aliphatic rings. The van der Waals surface area contributed by atoms with Gasteiger partial charge in [0.05, 0.1) is 30.1 Å². The maximum Gasteiger partial charge on any atom is 0.315 e. The van der Waals surface area contributed by atoms with Gasteiger partial charge >= 0.3 is 6.55 Å². The van der Waals surface area contributed by atoms with Crippen molar-refractivity contribution in [2.75, 3.05) is 44.6 Å². The van der Waals surface area contributed by atoms with Crippen LogP contribution in [-0.2, 0) is 9.53 Å². The number of rotatable bonds is 9. The second-order valence-electron chi connectivity index (χ2n) is 8.32. The molecule has 0 aliphatic carbocycles. The van der Waals surface area contributed by atoms with Gasteiger partial charge in [0.2, 0.25) is 5.91 Å². The molecule has 196 valence electrons. The number of aromatic nitrogens is 2. The molecule has 0 radical (unpaired) electrons. The van der Waals surface area contributed by atoms with Crippen molar-refractivity contribution in [3.8, 4) is 11.8 Å². The summed E-state index contributed by atoms with van der Waals surface area (Å²) in [5.41, 5.74) is 6.79. The van der Waals surface area contributed by atoms with Crippen molar-refractivity contribution in [3.63, 3.8) is 0 Å². The second-order valence-corrected chi connectivity index (χ2v) is 8.32. The molecule has 0 saturated carbocycles. The third-order valence-corrected chi connectivity index (χ3v) is 6.09. The molecule has 3 N–H and O–H groups in total. The van der Waals surface area contributed by atoms with Crippen LogP contribution < -0.4 is 16.0 Å². The summed E-state index contributed by atoms with van der Waals surface area (Å²) in [6, 6.07) is 4.06. The number of amides is 2. The molecule has 3 rings (SSSR count). The van der Waals surface area contributed by atoms with Crippen LogP contribution >= 0.6 is 0 Å². The smallest absolute Gasteiger partial charge is 0.315 e. The summed E-state index contributed by atoms with van der Waals surface area (Å²) >= 11 is 0. The van der Waals surface area contributed by atoms with Gasteiger partial charge in [-0.2, -0.15) is 13.9 Å². The highest BCUT2D eigenvalue weighted by Crippen LogP contribution is 2.33. The van der Waals surface area contributed by atoms with Crippen LogP contribution in [0, 0.1) is 11.8 Å². The van der Waals surface area contributed by atoms with Gasteiger partial charge in [0.25, 0.3) is 5.91 Å². The molecule has 2 atom stereocenters. The number of anilines is 2. The summed E-state index contributed by atoms with van der Waals surface area (Å²) < 4.78 is 33.1. The van der Waals surface area contributed by atoms with Crippen LogP contribution in [0.4, 0.5) is 26.0 Å². The first-order valence-corrected chi connectivity index (χ1v) is 11.3. The summed E-state index contributed by atoms with van der Waals surface area (Å²) in [5.74, 6) is 5.17. The molecule has 2 amide bonds. The topological polar surface area (TPSA) is 118 Å². The van der Waals surface area contributed by atoms with E-state index in [0.717, 1.165) is 4.90 Å². The van der Waals surface area contributed by atoms with Crippen LogP contribution in [-0.4, -0.2) is 80.2 Å². The van der Waals surface area contributed by atoms with Crippen molar-refractivity contribution in [1.82, 2.24) is 14.7 Å². The molecule has 0 bridgehead atoms. The van der Waals surface area contributed by atoms with Crippen LogP contribution in [0.2, 0.25) is 0 Å². The lowest BCUT2D eigenvalue weighted by molar-refractivity contribution is -0.127. The fraction of sp³-hybridized carbons (Fsp3) is 0.360. The van der Waals surface area contributed by atoms with E-state index in [1.165, 1.54) is 25.3 Å². The first-order chi connectivity index (χ1) is 17.7. The fourth-order valence-corrected chi connectivity index (χ4v) is 4.33. The van der Waals surface area contributed by atoms with Gasteiger partial charge in [0.15, 0.2) is 5.69 Å². The number of hydrogen-bond acceptors (Lipinski definition) is 7. The van der Waals surface area contributed by atoms with Crippen molar-refractivity contribution >= 4 is 35.7 Å². The van der Waals surface area contributed by atoms with Gasteiger partial charge in [0.1, 0.15) is 11.4 Å². The minimum atomic E-state index is -2.71. The molecule has 1 aromatic heterocycles. The number of primary amides is 1. The molecular formula is C25H29F2N7O3. The highest BCUT2D eigenvalue weighted by atomic mass is 19.3. The quantitative estimate of drug-likeness (QED) is 0.230. The number of alkyl halides is 2. The largest absolute Gasteiger partial charge is 0.383 e. The lowest BCUT2D eigenvalue weighted by atomic mass is 10.1. The van der Waals surface area contributed by atoms with Crippen LogP contribution in [0.5, 0.6) is 0 Å². The van der Waals surface area contributed by atoms with Gasteiger partial charge in [-0.1, -0.05) is 12.5 Å². The second kappa shape index (κ2) is 11.7. The van der Waals surface area contributed by atoms with E-state index < -0.39 is 12.5 Å². The van der Waals surface area contributed by atoms with E-state index in [4.69, 9.17) is 10.5 Å². The number of nitrogens with two attached hydrogens (primary N) is 1. The van der Waals surface area contributed by atoms with E-state index in [2.05, 4.69) is 40.5 Å². The van der Waals surface area contributed by atoms with E-state index >= 15 is 0 Å². The van der Waals surface area contributed by atoms with Crippen molar-refractivity contribution in [2.24, 2.45) is 10.7 Å². The number of hydrogen-bond donors (Lipinski definition) is 2. The van der Waals surface area contributed by atoms with E-state index in [1.807, 2.05) is 0 Å². The van der Waals surface area contributed by atoms with E-state index in [0.29, 0.717) is 31.0 Å². The summed E-state index contributed by atoms with van der Waals surface area (Å²) in [6.07, 6.45) is 1.78. The molecule has 1 saturated heterocycles. The molecule has 1 aliphatic heterocycles. The SMILES string of the molecule is C=CC(=O)N1C[C@@H](n2nc(C#Cc3ccc(N(C)C(F)F)c(N=C)c3)c(C(N)=O)c2NC)C[C@@H]1COC. The highest BCUT2D eigenvalue weighted by molar-refractivity contribution is 6.00. The summed E-state index contributed by atoms with van der Waals surface area (Å²) in [5, 5.41) is 7.53. The molecule has 0 unspecified atom stereocenters. The lowest BCUT2D eigenvalue weighted by Gasteiger charge is -2.22. The average Bonchev–Trinajstić information content (AvgIpc) is 3.47. The molecule has 2 aromatic rings.